The Balaban J connectivity index is 2.06. The zero-order chi connectivity index (χ0) is 12.1. The first-order chi connectivity index (χ1) is 8.24. The van der Waals surface area contributed by atoms with Crippen molar-refractivity contribution in [3.63, 3.8) is 0 Å². The maximum Gasteiger partial charge on any atom is 0.229 e. The van der Waals surface area contributed by atoms with E-state index in [4.69, 9.17) is 0 Å². The molecule has 0 N–H and O–H groups in total. The summed E-state index contributed by atoms with van der Waals surface area (Å²) >= 11 is 0. The first-order valence-corrected chi connectivity index (χ1v) is 5.38. The van der Waals surface area contributed by atoms with Crippen LogP contribution in [-0.4, -0.2) is 4.92 Å². The molecule has 0 saturated heterocycles. The van der Waals surface area contributed by atoms with Gasteiger partial charge in [0.05, 0.1) is 0 Å². The third-order valence-electron chi connectivity index (χ3n) is 2.48. The SMILES string of the molecule is O=[N+]([O-])Cc1cc[n+](Cc2ccccc2)cc1. The molecular weight excluding hydrogens is 216 g/mol. The molecule has 0 fully saturated rings. The Bertz CT molecular complexity index is 495. The first kappa shape index (κ1) is 11.3. The van der Waals surface area contributed by atoms with Gasteiger partial charge in [0.1, 0.15) is 0 Å². The third-order valence-corrected chi connectivity index (χ3v) is 2.48. The van der Waals surface area contributed by atoms with E-state index in [0.29, 0.717) is 0 Å². The van der Waals surface area contributed by atoms with Crippen molar-refractivity contribution in [1.82, 2.24) is 0 Å². The number of aromatic nitrogens is 1. The predicted molar refractivity (Wildman–Crippen MR) is 62.9 cm³/mol. The van der Waals surface area contributed by atoms with Crippen molar-refractivity contribution in [2.75, 3.05) is 0 Å². The second-order valence-corrected chi connectivity index (χ2v) is 3.86. The number of hydrogen-bond donors (Lipinski definition) is 0. The molecule has 17 heavy (non-hydrogen) atoms. The molecule has 0 bridgehead atoms. The molecule has 4 heteroatoms. The molecule has 0 saturated carbocycles. The van der Waals surface area contributed by atoms with E-state index in [0.717, 1.165) is 12.1 Å². The van der Waals surface area contributed by atoms with Crippen LogP contribution in [0.15, 0.2) is 54.9 Å². The fraction of sp³-hybridized carbons (Fsp3) is 0.154. The Hall–Kier alpha value is -2.23. The summed E-state index contributed by atoms with van der Waals surface area (Å²) in [5.74, 6) is 0. The van der Waals surface area contributed by atoms with Crippen LogP contribution in [0.25, 0.3) is 0 Å². The number of pyridine rings is 1. The van der Waals surface area contributed by atoms with E-state index < -0.39 is 0 Å². The second kappa shape index (κ2) is 5.21. The normalized spacial score (nSPS) is 10.1. The minimum atomic E-state index is -0.323. The van der Waals surface area contributed by atoms with E-state index in [2.05, 4.69) is 12.1 Å². The molecule has 1 heterocycles. The highest BCUT2D eigenvalue weighted by Gasteiger charge is 2.05. The molecule has 2 aromatic rings. The van der Waals surface area contributed by atoms with Crippen molar-refractivity contribution >= 4 is 0 Å². The molecule has 0 aliphatic heterocycles. The fourth-order valence-electron chi connectivity index (χ4n) is 1.64. The van der Waals surface area contributed by atoms with E-state index in [-0.39, 0.29) is 11.5 Å². The summed E-state index contributed by atoms with van der Waals surface area (Å²) in [6.07, 6.45) is 3.73. The van der Waals surface area contributed by atoms with Gasteiger partial charge in [0.2, 0.25) is 6.54 Å². The van der Waals surface area contributed by atoms with E-state index in [1.807, 2.05) is 35.2 Å². The van der Waals surface area contributed by atoms with Gasteiger partial charge in [-0.2, -0.15) is 0 Å². The van der Waals surface area contributed by atoms with Gasteiger partial charge in [-0.15, -0.1) is 0 Å². The Kier molecular flexibility index (Phi) is 3.45. The Morgan fingerprint density at radius 3 is 2.24 bits per heavy atom. The van der Waals surface area contributed by atoms with Crippen LogP contribution >= 0.6 is 0 Å². The minimum Gasteiger partial charge on any atom is -0.264 e. The summed E-state index contributed by atoms with van der Waals surface area (Å²) in [5, 5.41) is 10.3. The highest BCUT2D eigenvalue weighted by Crippen LogP contribution is 2.00. The van der Waals surface area contributed by atoms with Crippen LogP contribution < -0.4 is 4.57 Å². The number of nitrogens with zero attached hydrogens (tertiary/aromatic N) is 2. The van der Waals surface area contributed by atoms with Gasteiger partial charge in [-0.3, -0.25) is 10.1 Å². The lowest BCUT2D eigenvalue weighted by Crippen LogP contribution is -2.33. The van der Waals surface area contributed by atoms with Gasteiger partial charge in [-0.1, -0.05) is 30.3 Å². The Morgan fingerprint density at radius 1 is 1.00 bits per heavy atom. The standard InChI is InChI=1S/C13H13N2O2/c16-15(17)11-13-6-8-14(9-7-13)10-12-4-2-1-3-5-12/h1-9H,10-11H2/q+1. The van der Waals surface area contributed by atoms with E-state index in [1.54, 1.807) is 12.1 Å². The molecule has 0 aliphatic rings. The lowest BCUT2D eigenvalue weighted by Gasteiger charge is -1.98. The lowest BCUT2D eigenvalue weighted by molar-refractivity contribution is -0.688. The quantitative estimate of drug-likeness (QED) is 0.456. The lowest BCUT2D eigenvalue weighted by atomic mass is 10.2. The molecule has 0 unspecified atom stereocenters. The molecule has 0 spiro atoms. The summed E-state index contributed by atoms with van der Waals surface area (Å²) in [6, 6.07) is 13.6. The molecular formula is C13H13N2O2+. The average molecular weight is 229 g/mol. The maximum absolute atomic E-state index is 10.3. The van der Waals surface area contributed by atoms with Crippen molar-refractivity contribution < 1.29 is 9.49 Å². The van der Waals surface area contributed by atoms with E-state index in [1.165, 1.54) is 5.56 Å². The fourth-order valence-corrected chi connectivity index (χ4v) is 1.64. The van der Waals surface area contributed by atoms with Crippen LogP contribution in [0.3, 0.4) is 0 Å². The van der Waals surface area contributed by atoms with Gasteiger partial charge in [-0.25, -0.2) is 4.57 Å². The highest BCUT2D eigenvalue weighted by molar-refractivity contribution is 5.13. The van der Waals surface area contributed by atoms with E-state index >= 15 is 0 Å². The Morgan fingerprint density at radius 2 is 1.65 bits per heavy atom. The summed E-state index contributed by atoms with van der Waals surface area (Å²) in [6.45, 7) is 0.658. The molecule has 1 aromatic carbocycles. The van der Waals surface area contributed by atoms with Gasteiger partial charge >= 0.3 is 0 Å². The molecule has 0 aliphatic carbocycles. The number of benzene rings is 1. The monoisotopic (exact) mass is 229 g/mol. The summed E-state index contributed by atoms with van der Waals surface area (Å²) in [5.41, 5.74) is 1.93. The molecule has 4 nitrogen and oxygen atoms in total. The number of hydrogen-bond acceptors (Lipinski definition) is 2. The van der Waals surface area contributed by atoms with Crippen molar-refractivity contribution in [3.8, 4) is 0 Å². The van der Waals surface area contributed by atoms with E-state index in [9.17, 15) is 10.1 Å². The van der Waals surface area contributed by atoms with Crippen molar-refractivity contribution in [3.05, 3.63) is 76.1 Å². The van der Waals surface area contributed by atoms with Crippen molar-refractivity contribution in [2.45, 2.75) is 13.1 Å². The highest BCUT2D eigenvalue weighted by atomic mass is 16.6. The molecule has 1 aromatic heterocycles. The molecule has 0 atom stereocenters. The third kappa shape index (κ3) is 3.38. The number of nitro groups is 1. The molecule has 0 radical (unpaired) electrons. The summed E-state index contributed by atoms with van der Waals surface area (Å²) in [7, 11) is 0. The minimum absolute atomic E-state index is 0.119. The van der Waals surface area contributed by atoms with Crippen LogP contribution in [-0.2, 0) is 13.1 Å². The molecule has 0 amide bonds. The van der Waals surface area contributed by atoms with Gasteiger partial charge in [0, 0.05) is 28.2 Å². The molecule has 86 valence electrons. The van der Waals surface area contributed by atoms with Crippen LogP contribution in [0, 0.1) is 10.1 Å². The smallest absolute Gasteiger partial charge is 0.229 e. The van der Waals surface area contributed by atoms with Gasteiger partial charge in [0.15, 0.2) is 18.9 Å². The van der Waals surface area contributed by atoms with Crippen molar-refractivity contribution in [2.24, 2.45) is 0 Å². The van der Waals surface area contributed by atoms with Crippen molar-refractivity contribution in [1.29, 1.82) is 0 Å². The zero-order valence-corrected chi connectivity index (χ0v) is 9.32. The zero-order valence-electron chi connectivity index (χ0n) is 9.32. The van der Waals surface area contributed by atoms with Gasteiger partial charge in [-0.05, 0) is 0 Å². The predicted octanol–water partition coefficient (Wildman–Crippen LogP) is 1.80. The van der Waals surface area contributed by atoms with Crippen LogP contribution in [0.2, 0.25) is 0 Å². The van der Waals surface area contributed by atoms with Crippen LogP contribution in [0.4, 0.5) is 0 Å². The van der Waals surface area contributed by atoms with Crippen LogP contribution in [0.5, 0.6) is 0 Å². The average Bonchev–Trinajstić information content (AvgIpc) is 2.32. The Labute approximate surface area is 99.3 Å². The van der Waals surface area contributed by atoms with Gasteiger partial charge in [0.25, 0.3) is 0 Å². The summed E-state index contributed by atoms with van der Waals surface area (Å²) < 4.78 is 2.00. The maximum atomic E-state index is 10.3. The largest absolute Gasteiger partial charge is 0.264 e. The number of rotatable bonds is 4. The first-order valence-electron chi connectivity index (χ1n) is 5.38. The van der Waals surface area contributed by atoms with Crippen LogP contribution in [0.1, 0.15) is 11.1 Å². The topological polar surface area (TPSA) is 47.0 Å². The molecule has 2 rings (SSSR count). The second-order valence-electron chi connectivity index (χ2n) is 3.86. The van der Waals surface area contributed by atoms with Gasteiger partial charge < -0.3 is 0 Å². The summed E-state index contributed by atoms with van der Waals surface area (Å²) in [4.78, 5) is 10.0.